The molecule has 0 atom stereocenters. The lowest BCUT2D eigenvalue weighted by atomic mass is 10.2. The highest BCUT2D eigenvalue weighted by atomic mass is 16.5. The fourth-order valence-electron chi connectivity index (χ4n) is 1.55. The van der Waals surface area contributed by atoms with Gasteiger partial charge in [-0.15, -0.1) is 0 Å². The monoisotopic (exact) mass is 288 g/mol. The summed E-state index contributed by atoms with van der Waals surface area (Å²) in [5, 5.41) is 0. The lowest BCUT2D eigenvalue weighted by molar-refractivity contribution is -0.122. The summed E-state index contributed by atoms with van der Waals surface area (Å²) in [6, 6.07) is 10.6. The van der Waals surface area contributed by atoms with E-state index >= 15 is 0 Å². The van der Waals surface area contributed by atoms with Gasteiger partial charge in [-0.05, 0) is 31.2 Å². The van der Waals surface area contributed by atoms with Gasteiger partial charge in [0.15, 0.2) is 5.76 Å². The van der Waals surface area contributed by atoms with Gasteiger partial charge in [-0.2, -0.15) is 0 Å². The third-order valence-corrected chi connectivity index (χ3v) is 2.68. The molecule has 1 aromatic heterocycles. The van der Waals surface area contributed by atoms with Crippen molar-refractivity contribution in [2.24, 2.45) is 0 Å². The van der Waals surface area contributed by atoms with Crippen LogP contribution in [0, 0.1) is 6.92 Å². The van der Waals surface area contributed by atoms with E-state index in [0.717, 1.165) is 5.56 Å². The molecule has 2 N–H and O–H groups in total. The minimum absolute atomic E-state index is 0.131. The van der Waals surface area contributed by atoms with Crippen molar-refractivity contribution in [3.63, 3.8) is 0 Å². The minimum Gasteiger partial charge on any atom is -0.493 e. The van der Waals surface area contributed by atoms with E-state index in [1.54, 1.807) is 6.07 Å². The molecule has 0 unspecified atom stereocenters. The first-order valence-electron chi connectivity index (χ1n) is 6.47. The second-order valence-corrected chi connectivity index (χ2v) is 4.39. The summed E-state index contributed by atoms with van der Waals surface area (Å²) < 4.78 is 10.3. The smallest absolute Gasteiger partial charge is 0.305 e. The number of hydrogen-bond acceptors (Lipinski definition) is 4. The summed E-state index contributed by atoms with van der Waals surface area (Å²) in [6.07, 6.45) is 1.51. The Labute approximate surface area is 122 Å². The lowest BCUT2D eigenvalue weighted by Gasteiger charge is -2.08. The second-order valence-electron chi connectivity index (χ2n) is 4.39. The summed E-state index contributed by atoms with van der Waals surface area (Å²) in [5.74, 6) is -0.0194. The van der Waals surface area contributed by atoms with E-state index in [-0.39, 0.29) is 24.7 Å². The van der Waals surface area contributed by atoms with Crippen molar-refractivity contribution >= 4 is 11.8 Å². The van der Waals surface area contributed by atoms with Crippen molar-refractivity contribution in [2.75, 3.05) is 6.61 Å². The number of aryl methyl sites for hydroxylation is 1. The molecule has 21 heavy (non-hydrogen) atoms. The van der Waals surface area contributed by atoms with Gasteiger partial charge in [0.25, 0.3) is 0 Å². The lowest BCUT2D eigenvalue weighted by Crippen LogP contribution is -2.41. The fourth-order valence-corrected chi connectivity index (χ4v) is 1.55. The molecule has 0 spiro atoms. The molecule has 6 nitrogen and oxygen atoms in total. The minimum atomic E-state index is -0.507. The van der Waals surface area contributed by atoms with Gasteiger partial charge >= 0.3 is 5.91 Å². The Morgan fingerprint density at radius 2 is 1.90 bits per heavy atom. The maximum absolute atomic E-state index is 11.5. The molecule has 1 heterocycles. The van der Waals surface area contributed by atoms with Gasteiger partial charge in [-0.3, -0.25) is 20.4 Å². The van der Waals surface area contributed by atoms with E-state index in [0.29, 0.717) is 5.75 Å². The standard InChI is InChI=1S/C15H16N2O4/c1-11-4-6-12(7-5-11)20-10-8-14(18)16-17-15(19)13-3-2-9-21-13/h2-7,9H,8,10H2,1H3,(H,16,18)(H,17,19). The molecular weight excluding hydrogens is 272 g/mol. The Morgan fingerprint density at radius 3 is 2.57 bits per heavy atom. The Morgan fingerprint density at radius 1 is 1.14 bits per heavy atom. The molecule has 110 valence electrons. The van der Waals surface area contributed by atoms with Crippen molar-refractivity contribution in [3.8, 4) is 5.75 Å². The third-order valence-electron chi connectivity index (χ3n) is 2.68. The number of carbonyl (C=O) groups is 2. The Hall–Kier alpha value is -2.76. The van der Waals surface area contributed by atoms with E-state index in [2.05, 4.69) is 10.9 Å². The highest BCUT2D eigenvalue weighted by Gasteiger charge is 2.09. The number of amides is 2. The molecule has 2 rings (SSSR count). The zero-order valence-corrected chi connectivity index (χ0v) is 11.6. The van der Waals surface area contributed by atoms with Crippen LogP contribution < -0.4 is 15.6 Å². The van der Waals surface area contributed by atoms with Gasteiger partial charge in [0.1, 0.15) is 5.75 Å². The van der Waals surface area contributed by atoms with Crippen LogP contribution in [-0.2, 0) is 4.79 Å². The Kier molecular flexibility index (Phi) is 4.98. The molecule has 0 aliphatic heterocycles. The van der Waals surface area contributed by atoms with Gasteiger partial charge in [0, 0.05) is 0 Å². The average Bonchev–Trinajstić information content (AvgIpc) is 3.01. The van der Waals surface area contributed by atoms with E-state index in [1.165, 1.54) is 12.3 Å². The predicted molar refractivity (Wildman–Crippen MR) is 75.6 cm³/mol. The van der Waals surface area contributed by atoms with Crippen LogP contribution in [0.1, 0.15) is 22.5 Å². The summed E-state index contributed by atoms with van der Waals surface area (Å²) >= 11 is 0. The summed E-state index contributed by atoms with van der Waals surface area (Å²) in [5.41, 5.74) is 5.68. The molecule has 2 amide bonds. The van der Waals surface area contributed by atoms with Crippen molar-refractivity contribution < 1.29 is 18.7 Å². The summed E-state index contributed by atoms with van der Waals surface area (Å²) in [4.78, 5) is 23.0. The topological polar surface area (TPSA) is 80.6 Å². The SMILES string of the molecule is Cc1ccc(OCCC(=O)NNC(=O)c2ccco2)cc1. The Bertz CT molecular complexity index is 591. The number of hydrogen-bond donors (Lipinski definition) is 2. The van der Waals surface area contributed by atoms with Crippen molar-refractivity contribution in [3.05, 3.63) is 54.0 Å². The van der Waals surface area contributed by atoms with Crippen LogP contribution in [0.3, 0.4) is 0 Å². The number of hydrazine groups is 1. The first-order valence-corrected chi connectivity index (χ1v) is 6.47. The molecule has 0 aliphatic carbocycles. The van der Waals surface area contributed by atoms with Gasteiger partial charge in [-0.1, -0.05) is 17.7 Å². The van der Waals surface area contributed by atoms with Crippen molar-refractivity contribution in [2.45, 2.75) is 13.3 Å². The number of furan rings is 1. The van der Waals surface area contributed by atoms with Gasteiger partial charge in [0.2, 0.25) is 5.91 Å². The molecule has 0 aliphatic rings. The van der Waals surface area contributed by atoms with E-state index in [1.807, 2.05) is 31.2 Å². The molecule has 0 fully saturated rings. The van der Waals surface area contributed by atoms with Crippen molar-refractivity contribution in [1.29, 1.82) is 0 Å². The van der Waals surface area contributed by atoms with E-state index in [9.17, 15) is 9.59 Å². The molecule has 1 aromatic carbocycles. The van der Waals surface area contributed by atoms with Crippen LogP contribution in [0.2, 0.25) is 0 Å². The highest BCUT2D eigenvalue weighted by molar-refractivity contribution is 5.92. The van der Waals surface area contributed by atoms with Crippen LogP contribution in [0.5, 0.6) is 5.75 Å². The molecule has 0 saturated carbocycles. The van der Waals surface area contributed by atoms with Gasteiger partial charge in [0.05, 0.1) is 19.3 Å². The fraction of sp³-hybridized carbons (Fsp3) is 0.200. The zero-order chi connectivity index (χ0) is 15.1. The van der Waals surface area contributed by atoms with Crippen LogP contribution in [0.15, 0.2) is 47.1 Å². The maximum atomic E-state index is 11.5. The first kappa shape index (κ1) is 14.6. The first-order chi connectivity index (χ1) is 10.1. The Balaban J connectivity index is 1.66. The number of nitrogens with one attached hydrogen (secondary N) is 2. The molecule has 2 aromatic rings. The summed E-state index contributed by atoms with van der Waals surface area (Å²) in [6.45, 7) is 2.21. The predicted octanol–water partition coefficient (Wildman–Crippen LogP) is 1.82. The molecule has 0 radical (unpaired) electrons. The largest absolute Gasteiger partial charge is 0.493 e. The van der Waals surface area contributed by atoms with Gasteiger partial charge in [-0.25, -0.2) is 0 Å². The molecule has 6 heteroatoms. The van der Waals surface area contributed by atoms with E-state index in [4.69, 9.17) is 9.15 Å². The highest BCUT2D eigenvalue weighted by Crippen LogP contribution is 2.11. The summed E-state index contributed by atoms with van der Waals surface area (Å²) in [7, 11) is 0. The van der Waals surface area contributed by atoms with Crippen LogP contribution in [0.4, 0.5) is 0 Å². The van der Waals surface area contributed by atoms with Crippen molar-refractivity contribution in [1.82, 2.24) is 10.9 Å². The van der Waals surface area contributed by atoms with Crippen LogP contribution in [-0.4, -0.2) is 18.4 Å². The number of benzene rings is 1. The van der Waals surface area contributed by atoms with Crippen LogP contribution in [0.25, 0.3) is 0 Å². The molecular formula is C15H16N2O4. The number of rotatable bonds is 5. The number of carbonyl (C=O) groups excluding carboxylic acids is 2. The number of ether oxygens (including phenoxy) is 1. The zero-order valence-electron chi connectivity index (χ0n) is 11.6. The van der Waals surface area contributed by atoms with Gasteiger partial charge < -0.3 is 9.15 Å². The third kappa shape index (κ3) is 4.68. The maximum Gasteiger partial charge on any atom is 0.305 e. The van der Waals surface area contributed by atoms with E-state index < -0.39 is 5.91 Å². The molecule has 0 saturated heterocycles. The quantitative estimate of drug-likeness (QED) is 0.822. The molecule has 0 bridgehead atoms. The second kappa shape index (κ2) is 7.14. The normalized spacial score (nSPS) is 9.95. The average molecular weight is 288 g/mol. The van der Waals surface area contributed by atoms with Crippen LogP contribution >= 0.6 is 0 Å².